The number of hydrogen-bond acceptors (Lipinski definition) is 2. The summed E-state index contributed by atoms with van der Waals surface area (Å²) in [5, 5.41) is 0. The van der Waals surface area contributed by atoms with Gasteiger partial charge < -0.3 is 4.90 Å². The quantitative estimate of drug-likeness (QED) is 0.854. The number of aromatic nitrogens is 1. The summed E-state index contributed by atoms with van der Waals surface area (Å²) < 4.78 is 0. The van der Waals surface area contributed by atoms with Crippen LogP contribution in [0.25, 0.3) is 0 Å². The molecule has 1 amide bonds. The zero-order chi connectivity index (χ0) is 14.5. The maximum absolute atomic E-state index is 12.3. The van der Waals surface area contributed by atoms with Crippen LogP contribution >= 0.6 is 0 Å². The monoisotopic (exact) mass is 268 g/mol. The molecule has 0 atom stereocenters. The SMILES string of the molecule is Cc1ccc(C(=O)N(C)CCc2ccccn2)cc1C. The highest BCUT2D eigenvalue weighted by Crippen LogP contribution is 2.11. The van der Waals surface area contributed by atoms with E-state index in [0.717, 1.165) is 23.2 Å². The number of aryl methyl sites for hydroxylation is 2. The van der Waals surface area contributed by atoms with Crippen molar-refractivity contribution in [3.05, 3.63) is 65.0 Å². The van der Waals surface area contributed by atoms with Crippen molar-refractivity contribution in [2.24, 2.45) is 0 Å². The fourth-order valence-corrected chi connectivity index (χ4v) is 2.02. The van der Waals surface area contributed by atoms with Gasteiger partial charge in [0.1, 0.15) is 0 Å². The minimum atomic E-state index is 0.0593. The van der Waals surface area contributed by atoms with Gasteiger partial charge in [0.2, 0.25) is 0 Å². The van der Waals surface area contributed by atoms with Crippen LogP contribution in [0.15, 0.2) is 42.6 Å². The first kappa shape index (κ1) is 14.3. The summed E-state index contributed by atoms with van der Waals surface area (Å²) in [4.78, 5) is 18.4. The van der Waals surface area contributed by atoms with Gasteiger partial charge in [-0.2, -0.15) is 0 Å². The molecule has 2 rings (SSSR count). The number of carbonyl (C=O) groups excluding carboxylic acids is 1. The van der Waals surface area contributed by atoms with E-state index in [2.05, 4.69) is 4.98 Å². The second kappa shape index (κ2) is 6.33. The van der Waals surface area contributed by atoms with Gasteiger partial charge in [0.15, 0.2) is 0 Å². The van der Waals surface area contributed by atoms with E-state index < -0.39 is 0 Å². The molecular weight excluding hydrogens is 248 g/mol. The average Bonchev–Trinajstić information content (AvgIpc) is 2.48. The fraction of sp³-hybridized carbons (Fsp3) is 0.294. The molecule has 3 heteroatoms. The normalized spacial score (nSPS) is 10.3. The van der Waals surface area contributed by atoms with Gasteiger partial charge in [0.05, 0.1) is 0 Å². The summed E-state index contributed by atoms with van der Waals surface area (Å²) in [6, 6.07) is 11.7. The van der Waals surface area contributed by atoms with E-state index in [1.807, 2.05) is 57.3 Å². The number of nitrogens with zero attached hydrogens (tertiary/aromatic N) is 2. The second-order valence-corrected chi connectivity index (χ2v) is 5.10. The van der Waals surface area contributed by atoms with Crippen LogP contribution in [-0.4, -0.2) is 29.4 Å². The van der Waals surface area contributed by atoms with Crippen LogP contribution in [-0.2, 0) is 6.42 Å². The van der Waals surface area contributed by atoms with Gasteiger partial charge in [-0.05, 0) is 49.2 Å². The molecule has 3 nitrogen and oxygen atoms in total. The van der Waals surface area contributed by atoms with E-state index in [1.54, 1.807) is 11.1 Å². The molecule has 0 spiro atoms. The maximum atomic E-state index is 12.3. The van der Waals surface area contributed by atoms with Crippen molar-refractivity contribution in [3.8, 4) is 0 Å². The molecular formula is C17H20N2O. The Balaban J connectivity index is 1.99. The Kier molecular flexibility index (Phi) is 4.51. The molecule has 20 heavy (non-hydrogen) atoms. The maximum Gasteiger partial charge on any atom is 0.253 e. The van der Waals surface area contributed by atoms with Crippen molar-refractivity contribution in [1.82, 2.24) is 9.88 Å². The molecule has 0 N–H and O–H groups in total. The van der Waals surface area contributed by atoms with Crippen molar-refractivity contribution in [1.29, 1.82) is 0 Å². The fourth-order valence-electron chi connectivity index (χ4n) is 2.02. The molecule has 2 aromatic rings. The molecule has 1 heterocycles. The first-order valence-electron chi connectivity index (χ1n) is 6.80. The van der Waals surface area contributed by atoms with Gasteiger partial charge in [-0.15, -0.1) is 0 Å². The van der Waals surface area contributed by atoms with Crippen LogP contribution in [0.5, 0.6) is 0 Å². The number of rotatable bonds is 4. The summed E-state index contributed by atoms with van der Waals surface area (Å²) in [6.07, 6.45) is 2.55. The van der Waals surface area contributed by atoms with E-state index in [-0.39, 0.29) is 5.91 Å². The predicted molar refractivity (Wildman–Crippen MR) is 80.8 cm³/mol. The average molecular weight is 268 g/mol. The standard InChI is InChI=1S/C17H20N2O/c1-13-7-8-15(12-14(13)2)17(20)19(3)11-9-16-6-4-5-10-18-16/h4-8,10,12H,9,11H2,1-3H3. The molecule has 0 aliphatic rings. The van der Waals surface area contributed by atoms with Crippen LogP contribution < -0.4 is 0 Å². The molecule has 0 saturated heterocycles. The highest BCUT2D eigenvalue weighted by Gasteiger charge is 2.12. The minimum absolute atomic E-state index is 0.0593. The highest BCUT2D eigenvalue weighted by molar-refractivity contribution is 5.94. The molecule has 0 aliphatic carbocycles. The van der Waals surface area contributed by atoms with Crippen LogP contribution in [0.2, 0.25) is 0 Å². The van der Waals surface area contributed by atoms with E-state index in [0.29, 0.717) is 6.54 Å². The molecule has 0 fully saturated rings. The van der Waals surface area contributed by atoms with E-state index in [9.17, 15) is 4.79 Å². The van der Waals surface area contributed by atoms with Crippen LogP contribution in [0.4, 0.5) is 0 Å². The number of benzene rings is 1. The van der Waals surface area contributed by atoms with Gasteiger partial charge in [-0.1, -0.05) is 12.1 Å². The number of carbonyl (C=O) groups is 1. The number of hydrogen-bond donors (Lipinski definition) is 0. The summed E-state index contributed by atoms with van der Waals surface area (Å²) in [5.74, 6) is 0.0593. The molecule has 0 bridgehead atoms. The zero-order valence-corrected chi connectivity index (χ0v) is 12.3. The molecule has 0 saturated carbocycles. The Morgan fingerprint density at radius 1 is 1.15 bits per heavy atom. The number of likely N-dealkylation sites (N-methyl/N-ethyl adjacent to an activating group) is 1. The number of amides is 1. The van der Waals surface area contributed by atoms with Crippen molar-refractivity contribution in [3.63, 3.8) is 0 Å². The van der Waals surface area contributed by atoms with Gasteiger partial charge in [-0.3, -0.25) is 9.78 Å². The summed E-state index contributed by atoms with van der Waals surface area (Å²) in [7, 11) is 1.83. The Hall–Kier alpha value is -2.16. The Morgan fingerprint density at radius 2 is 1.95 bits per heavy atom. The van der Waals surface area contributed by atoms with Crippen molar-refractivity contribution >= 4 is 5.91 Å². The minimum Gasteiger partial charge on any atom is -0.341 e. The lowest BCUT2D eigenvalue weighted by Gasteiger charge is -2.17. The molecule has 1 aromatic carbocycles. The summed E-state index contributed by atoms with van der Waals surface area (Å²) in [6.45, 7) is 4.75. The first-order valence-corrected chi connectivity index (χ1v) is 6.80. The third-order valence-electron chi connectivity index (χ3n) is 3.53. The highest BCUT2D eigenvalue weighted by atomic mass is 16.2. The second-order valence-electron chi connectivity index (χ2n) is 5.10. The third kappa shape index (κ3) is 3.44. The zero-order valence-electron chi connectivity index (χ0n) is 12.3. The van der Waals surface area contributed by atoms with Crippen molar-refractivity contribution < 1.29 is 4.79 Å². The summed E-state index contributed by atoms with van der Waals surface area (Å²) in [5.41, 5.74) is 4.11. The van der Waals surface area contributed by atoms with Crippen LogP contribution in [0.3, 0.4) is 0 Å². The number of pyridine rings is 1. The first-order chi connectivity index (χ1) is 9.58. The van der Waals surface area contributed by atoms with Gasteiger partial charge in [0, 0.05) is 37.5 Å². The molecule has 0 radical (unpaired) electrons. The lowest BCUT2D eigenvalue weighted by molar-refractivity contribution is 0.0796. The molecule has 104 valence electrons. The van der Waals surface area contributed by atoms with E-state index >= 15 is 0 Å². The molecule has 0 unspecified atom stereocenters. The topological polar surface area (TPSA) is 33.2 Å². The molecule has 0 aliphatic heterocycles. The van der Waals surface area contributed by atoms with Gasteiger partial charge in [-0.25, -0.2) is 0 Å². The third-order valence-corrected chi connectivity index (χ3v) is 3.53. The lowest BCUT2D eigenvalue weighted by atomic mass is 10.1. The van der Waals surface area contributed by atoms with Gasteiger partial charge >= 0.3 is 0 Å². The Bertz CT molecular complexity index is 593. The van der Waals surface area contributed by atoms with E-state index in [4.69, 9.17) is 0 Å². The largest absolute Gasteiger partial charge is 0.341 e. The van der Waals surface area contributed by atoms with Crippen molar-refractivity contribution in [2.45, 2.75) is 20.3 Å². The van der Waals surface area contributed by atoms with Crippen LogP contribution in [0, 0.1) is 13.8 Å². The van der Waals surface area contributed by atoms with Crippen LogP contribution in [0.1, 0.15) is 27.2 Å². The molecule has 1 aromatic heterocycles. The van der Waals surface area contributed by atoms with Crippen molar-refractivity contribution in [2.75, 3.05) is 13.6 Å². The Morgan fingerprint density at radius 3 is 2.60 bits per heavy atom. The lowest BCUT2D eigenvalue weighted by Crippen LogP contribution is -2.29. The van der Waals surface area contributed by atoms with Gasteiger partial charge in [0.25, 0.3) is 5.91 Å². The smallest absolute Gasteiger partial charge is 0.253 e. The van der Waals surface area contributed by atoms with E-state index in [1.165, 1.54) is 5.56 Å². The summed E-state index contributed by atoms with van der Waals surface area (Å²) >= 11 is 0. The Labute approximate surface area is 120 Å². The predicted octanol–water partition coefficient (Wildman–Crippen LogP) is 3.01.